The average molecular weight is 450 g/mol. The molecular weight excluding hydrogens is 422 g/mol. The zero-order valence-electron chi connectivity index (χ0n) is 17.7. The van der Waals surface area contributed by atoms with E-state index in [9.17, 15) is 19.5 Å². The van der Waals surface area contributed by atoms with E-state index in [1.54, 1.807) is 24.3 Å². The molecule has 3 saturated heterocycles. The van der Waals surface area contributed by atoms with E-state index in [4.69, 9.17) is 16.3 Å². The number of nitrogens with one attached hydrogen (secondary N) is 2. The van der Waals surface area contributed by atoms with Crippen LogP contribution in [0.2, 0.25) is 5.02 Å². The van der Waals surface area contributed by atoms with E-state index in [1.165, 1.54) is 4.90 Å². The van der Waals surface area contributed by atoms with Gasteiger partial charge in [-0.1, -0.05) is 30.7 Å². The van der Waals surface area contributed by atoms with Gasteiger partial charge in [-0.2, -0.15) is 0 Å². The number of nitrogens with zero attached hydrogens (tertiary/aromatic N) is 1. The van der Waals surface area contributed by atoms with Gasteiger partial charge in [0.25, 0.3) is 0 Å². The van der Waals surface area contributed by atoms with Crippen molar-refractivity contribution < 1.29 is 24.2 Å². The van der Waals surface area contributed by atoms with Gasteiger partial charge in [0, 0.05) is 13.1 Å². The predicted molar refractivity (Wildman–Crippen MR) is 114 cm³/mol. The number of para-hydroxylation sites is 1. The number of carbonyl (C=O) groups is 3. The van der Waals surface area contributed by atoms with Gasteiger partial charge in [-0.15, -0.1) is 0 Å². The summed E-state index contributed by atoms with van der Waals surface area (Å²) in [6, 6.07) is 5.89. The summed E-state index contributed by atoms with van der Waals surface area (Å²) in [5, 5.41) is 15.7. The molecule has 1 aromatic carbocycles. The van der Waals surface area contributed by atoms with Crippen LogP contribution < -0.4 is 10.6 Å². The van der Waals surface area contributed by atoms with E-state index in [-0.39, 0.29) is 25.0 Å². The number of benzene rings is 1. The number of carbonyl (C=O) groups excluding carboxylic acids is 3. The lowest BCUT2D eigenvalue weighted by molar-refractivity contribution is -0.145. The Balaban J connectivity index is 1.71. The highest BCUT2D eigenvalue weighted by Gasteiger charge is 2.77. The number of aliphatic hydroxyl groups excluding tert-OH is 1. The average Bonchev–Trinajstić information content (AvgIpc) is 3.29. The minimum atomic E-state index is -1.11. The van der Waals surface area contributed by atoms with Gasteiger partial charge in [0.05, 0.1) is 34.8 Å². The van der Waals surface area contributed by atoms with E-state index < -0.39 is 35.0 Å². The lowest BCUT2D eigenvalue weighted by Crippen LogP contribution is -2.53. The lowest BCUT2D eigenvalue weighted by atomic mass is 9.66. The van der Waals surface area contributed by atoms with Crippen LogP contribution >= 0.6 is 11.6 Å². The van der Waals surface area contributed by atoms with Crippen LogP contribution in [0.3, 0.4) is 0 Å². The van der Waals surface area contributed by atoms with E-state index in [1.807, 2.05) is 13.8 Å². The molecule has 168 valence electrons. The molecule has 1 spiro atoms. The quantitative estimate of drug-likeness (QED) is 0.585. The van der Waals surface area contributed by atoms with E-state index in [0.717, 1.165) is 6.42 Å². The molecule has 2 unspecified atom stereocenters. The van der Waals surface area contributed by atoms with Gasteiger partial charge in [-0.05, 0) is 38.3 Å². The molecule has 5 atom stereocenters. The summed E-state index contributed by atoms with van der Waals surface area (Å²) >= 11 is 6.21. The molecule has 3 aliphatic rings. The second-order valence-corrected chi connectivity index (χ2v) is 9.15. The molecule has 1 aromatic rings. The van der Waals surface area contributed by atoms with Crippen molar-refractivity contribution in [1.29, 1.82) is 0 Å². The summed E-state index contributed by atoms with van der Waals surface area (Å²) in [6.07, 6.45) is 1.84. The second-order valence-electron chi connectivity index (χ2n) is 8.74. The van der Waals surface area contributed by atoms with Gasteiger partial charge >= 0.3 is 0 Å². The summed E-state index contributed by atoms with van der Waals surface area (Å²) in [6.45, 7) is 4.01. The number of hydrogen-bond acceptors (Lipinski definition) is 5. The summed E-state index contributed by atoms with van der Waals surface area (Å²) in [5.74, 6) is -2.43. The third kappa shape index (κ3) is 3.32. The van der Waals surface area contributed by atoms with Crippen molar-refractivity contribution in [3.05, 3.63) is 29.3 Å². The van der Waals surface area contributed by atoms with Gasteiger partial charge < -0.3 is 25.4 Å². The Morgan fingerprint density at radius 1 is 1.29 bits per heavy atom. The number of hydrogen-bond donors (Lipinski definition) is 3. The second kappa shape index (κ2) is 8.07. The molecule has 0 radical (unpaired) electrons. The van der Waals surface area contributed by atoms with Crippen molar-refractivity contribution in [3.8, 4) is 0 Å². The van der Waals surface area contributed by atoms with Gasteiger partial charge in [0.2, 0.25) is 17.7 Å². The smallest absolute Gasteiger partial charge is 0.250 e. The van der Waals surface area contributed by atoms with Crippen molar-refractivity contribution in [2.24, 2.45) is 11.8 Å². The highest BCUT2D eigenvalue weighted by Crippen LogP contribution is 2.63. The first kappa shape index (κ1) is 22.0. The van der Waals surface area contributed by atoms with Crippen molar-refractivity contribution in [2.45, 2.75) is 50.4 Å². The fraction of sp³-hybridized carbons (Fsp3) is 0.591. The van der Waals surface area contributed by atoms with E-state index in [2.05, 4.69) is 10.6 Å². The molecule has 3 N–H and O–H groups in total. The SMILES string of the molecule is CCCNC(=O)[C@H]1[C@H]2C(=O)N(CCO)C(C(=O)Nc3ccccc3Cl)C23CC[C@]1(C)O3. The van der Waals surface area contributed by atoms with Crippen LogP contribution in [0.15, 0.2) is 24.3 Å². The van der Waals surface area contributed by atoms with E-state index >= 15 is 0 Å². The van der Waals surface area contributed by atoms with Crippen molar-refractivity contribution in [3.63, 3.8) is 0 Å². The van der Waals surface area contributed by atoms with Crippen molar-refractivity contribution in [2.75, 3.05) is 25.0 Å². The molecule has 0 saturated carbocycles. The first-order valence-electron chi connectivity index (χ1n) is 10.7. The summed E-state index contributed by atoms with van der Waals surface area (Å²) in [5.41, 5.74) is -1.49. The number of rotatable bonds is 7. The number of ether oxygens (including phenoxy) is 1. The van der Waals surface area contributed by atoms with Crippen LogP contribution in [-0.2, 0) is 19.1 Å². The fourth-order valence-electron chi connectivity index (χ4n) is 5.60. The molecule has 9 heteroatoms. The number of anilines is 1. The van der Waals surface area contributed by atoms with Gasteiger partial charge in [0.1, 0.15) is 11.6 Å². The Kier molecular flexibility index (Phi) is 5.74. The zero-order chi connectivity index (χ0) is 22.4. The number of fused-ring (bicyclic) bond motifs is 1. The molecular formula is C22H28ClN3O5. The Labute approximate surface area is 186 Å². The largest absolute Gasteiger partial charge is 0.395 e. The molecule has 3 fully saturated rings. The molecule has 8 nitrogen and oxygen atoms in total. The maximum Gasteiger partial charge on any atom is 0.250 e. The molecule has 0 aromatic heterocycles. The van der Waals surface area contributed by atoms with Crippen LogP contribution in [0.5, 0.6) is 0 Å². The first-order chi connectivity index (χ1) is 14.8. The Hall–Kier alpha value is -2.16. The lowest BCUT2D eigenvalue weighted by Gasteiger charge is -2.33. The topological polar surface area (TPSA) is 108 Å². The normalized spacial score (nSPS) is 33.5. The monoisotopic (exact) mass is 449 g/mol. The molecule has 3 amide bonds. The van der Waals surface area contributed by atoms with Crippen molar-refractivity contribution >= 4 is 35.0 Å². The fourth-order valence-corrected chi connectivity index (χ4v) is 5.78. The maximum absolute atomic E-state index is 13.5. The van der Waals surface area contributed by atoms with Gasteiger partial charge in [-0.25, -0.2) is 0 Å². The van der Waals surface area contributed by atoms with Crippen LogP contribution in [0, 0.1) is 11.8 Å². The van der Waals surface area contributed by atoms with Crippen molar-refractivity contribution in [1.82, 2.24) is 10.2 Å². The Morgan fingerprint density at radius 3 is 2.71 bits per heavy atom. The third-order valence-corrected chi connectivity index (χ3v) is 7.16. The van der Waals surface area contributed by atoms with Gasteiger partial charge in [-0.3, -0.25) is 14.4 Å². The van der Waals surface area contributed by atoms with E-state index in [0.29, 0.717) is 30.1 Å². The molecule has 3 aliphatic heterocycles. The highest BCUT2D eigenvalue weighted by atomic mass is 35.5. The Bertz CT molecular complexity index is 911. The highest BCUT2D eigenvalue weighted by molar-refractivity contribution is 6.33. The number of aliphatic hydroxyl groups is 1. The van der Waals surface area contributed by atoms with Gasteiger partial charge in [0.15, 0.2) is 0 Å². The molecule has 31 heavy (non-hydrogen) atoms. The molecule has 0 aliphatic carbocycles. The number of halogens is 1. The molecule has 4 rings (SSSR count). The van der Waals surface area contributed by atoms with Crippen LogP contribution in [0.25, 0.3) is 0 Å². The minimum absolute atomic E-state index is 0.0128. The van der Waals surface area contributed by atoms with Crippen LogP contribution in [-0.4, -0.2) is 64.7 Å². The standard InChI is InChI=1S/C22H28ClN3O5/c1-3-10-24-18(28)15-16-20(30)26(11-12-27)17(22(16)9-8-21(15,2)31-22)19(29)25-14-7-5-4-6-13(14)23/h4-7,15-17,27H,3,8-12H2,1-2H3,(H,24,28)(H,25,29)/t15-,16+,17?,21+,22?/m1/s1. The first-order valence-corrected chi connectivity index (χ1v) is 11.1. The number of β-amino-alcohol motifs (C(OH)–C–C–N with tert-alkyl or cyclic N) is 1. The third-order valence-electron chi connectivity index (χ3n) is 6.83. The Morgan fingerprint density at radius 2 is 2.03 bits per heavy atom. The predicted octanol–water partition coefficient (Wildman–Crippen LogP) is 1.56. The number of likely N-dealkylation sites (tertiary alicyclic amines) is 1. The zero-order valence-corrected chi connectivity index (χ0v) is 18.4. The van der Waals surface area contributed by atoms with Crippen LogP contribution in [0.4, 0.5) is 5.69 Å². The minimum Gasteiger partial charge on any atom is -0.395 e. The molecule has 3 heterocycles. The molecule has 2 bridgehead atoms. The maximum atomic E-state index is 13.5. The number of amides is 3. The summed E-state index contributed by atoms with van der Waals surface area (Å²) in [7, 11) is 0. The van der Waals surface area contributed by atoms with Crippen LogP contribution in [0.1, 0.15) is 33.1 Å². The summed E-state index contributed by atoms with van der Waals surface area (Å²) < 4.78 is 6.43. The summed E-state index contributed by atoms with van der Waals surface area (Å²) in [4.78, 5) is 41.3.